The summed E-state index contributed by atoms with van der Waals surface area (Å²) in [6.45, 7) is 2.68. The number of amides is 1. The fraction of sp³-hybridized carbons (Fsp3) is 0.214. The topological polar surface area (TPSA) is 58.1 Å². The predicted octanol–water partition coefficient (Wildman–Crippen LogP) is 2.32. The summed E-state index contributed by atoms with van der Waals surface area (Å²) in [6, 6.07) is 8.98. The van der Waals surface area contributed by atoms with E-state index in [4.69, 9.17) is 0 Å². The molecule has 0 radical (unpaired) electrons. The molecule has 0 fully saturated rings. The van der Waals surface area contributed by atoms with Crippen LogP contribution in [-0.4, -0.2) is 29.7 Å². The van der Waals surface area contributed by atoms with Crippen LogP contribution >= 0.6 is 0 Å². The molecule has 0 aliphatic rings. The van der Waals surface area contributed by atoms with Gasteiger partial charge in [0.2, 0.25) is 0 Å². The summed E-state index contributed by atoms with van der Waals surface area (Å²) in [6.07, 6.45) is 0. The van der Waals surface area contributed by atoms with Crippen molar-refractivity contribution >= 4 is 17.4 Å². The van der Waals surface area contributed by atoms with Gasteiger partial charge in [0.05, 0.1) is 0 Å². The minimum atomic E-state index is -0.343. The zero-order valence-electron chi connectivity index (χ0n) is 11.3. The van der Waals surface area contributed by atoms with Gasteiger partial charge in [-0.2, -0.15) is 0 Å². The van der Waals surface area contributed by atoms with Crippen LogP contribution in [0.3, 0.4) is 0 Å². The molecule has 0 aliphatic carbocycles. The third kappa shape index (κ3) is 3.09. The molecule has 0 bridgehead atoms. The maximum Gasteiger partial charge on any atom is 0.278 e. The van der Waals surface area contributed by atoms with Gasteiger partial charge in [0.15, 0.2) is 5.69 Å². The van der Waals surface area contributed by atoms with E-state index < -0.39 is 0 Å². The van der Waals surface area contributed by atoms with E-state index in [1.54, 1.807) is 19.2 Å². The Balaban J connectivity index is 2.15. The van der Waals surface area contributed by atoms with Crippen molar-refractivity contribution in [3.63, 3.8) is 0 Å². The number of halogens is 1. The molecule has 0 saturated heterocycles. The van der Waals surface area contributed by atoms with E-state index in [0.717, 1.165) is 6.54 Å². The van der Waals surface area contributed by atoms with E-state index in [2.05, 4.69) is 15.5 Å². The highest BCUT2D eigenvalue weighted by Gasteiger charge is 2.15. The molecule has 1 aromatic heterocycles. The lowest BCUT2D eigenvalue weighted by Gasteiger charge is -2.16. The normalized spacial score (nSPS) is 10.2. The average molecular weight is 274 g/mol. The quantitative estimate of drug-likeness (QED) is 0.929. The maximum absolute atomic E-state index is 12.9. The van der Waals surface area contributed by atoms with Crippen LogP contribution in [0.5, 0.6) is 0 Å². The highest BCUT2D eigenvalue weighted by atomic mass is 19.1. The predicted molar refractivity (Wildman–Crippen MR) is 75.3 cm³/mol. The van der Waals surface area contributed by atoms with Crippen molar-refractivity contribution in [2.24, 2.45) is 0 Å². The molecule has 0 atom stereocenters. The lowest BCUT2D eigenvalue weighted by atomic mass is 10.2. The van der Waals surface area contributed by atoms with Gasteiger partial charge in [-0.25, -0.2) is 4.39 Å². The van der Waals surface area contributed by atoms with Crippen LogP contribution in [0.15, 0.2) is 36.4 Å². The fourth-order valence-electron chi connectivity index (χ4n) is 1.68. The maximum atomic E-state index is 12.9. The van der Waals surface area contributed by atoms with Crippen LogP contribution in [-0.2, 0) is 0 Å². The summed E-state index contributed by atoms with van der Waals surface area (Å²) < 4.78 is 12.9. The Kier molecular flexibility index (Phi) is 4.24. The SMILES string of the molecule is CCNc1ccc(C(=O)N(C)c2ccc(F)cc2)nn1. The summed E-state index contributed by atoms with van der Waals surface area (Å²) in [5, 5.41) is 10.8. The van der Waals surface area contributed by atoms with Gasteiger partial charge in [0.1, 0.15) is 11.6 Å². The van der Waals surface area contributed by atoms with Gasteiger partial charge >= 0.3 is 0 Å². The number of rotatable bonds is 4. The molecular formula is C14H15FN4O. The molecule has 2 aromatic rings. The summed E-state index contributed by atoms with van der Waals surface area (Å²) in [5.74, 6) is -0.0231. The molecule has 1 heterocycles. The Bertz CT molecular complexity index is 583. The van der Waals surface area contributed by atoms with Crippen LogP contribution < -0.4 is 10.2 Å². The zero-order valence-corrected chi connectivity index (χ0v) is 11.3. The summed E-state index contributed by atoms with van der Waals surface area (Å²) >= 11 is 0. The number of hydrogen-bond acceptors (Lipinski definition) is 4. The number of nitrogens with zero attached hydrogens (tertiary/aromatic N) is 3. The second-order valence-electron chi connectivity index (χ2n) is 4.17. The summed E-state index contributed by atoms with van der Waals surface area (Å²) in [7, 11) is 1.61. The first kappa shape index (κ1) is 13.9. The lowest BCUT2D eigenvalue weighted by Crippen LogP contribution is -2.27. The molecule has 0 spiro atoms. The van der Waals surface area contributed by atoms with Crippen LogP contribution in [0, 0.1) is 5.82 Å². The van der Waals surface area contributed by atoms with Gasteiger partial charge in [0.25, 0.3) is 5.91 Å². The third-order valence-corrected chi connectivity index (χ3v) is 2.76. The summed E-state index contributed by atoms with van der Waals surface area (Å²) in [4.78, 5) is 13.6. The standard InChI is InChI=1S/C14H15FN4O/c1-3-16-13-9-8-12(17-18-13)14(20)19(2)11-6-4-10(15)5-7-11/h4-9H,3H2,1-2H3,(H,16,18). The molecule has 1 amide bonds. The molecule has 1 aromatic carbocycles. The van der Waals surface area contributed by atoms with Crippen LogP contribution in [0.25, 0.3) is 0 Å². The Morgan fingerprint density at radius 1 is 1.20 bits per heavy atom. The van der Waals surface area contributed by atoms with Gasteiger partial charge in [-0.3, -0.25) is 4.79 Å². The molecule has 2 rings (SSSR count). The Morgan fingerprint density at radius 2 is 1.90 bits per heavy atom. The first-order chi connectivity index (χ1) is 9.61. The fourth-order valence-corrected chi connectivity index (χ4v) is 1.68. The molecule has 5 nitrogen and oxygen atoms in total. The van der Waals surface area contributed by atoms with Crippen molar-refractivity contribution in [3.05, 3.63) is 47.9 Å². The van der Waals surface area contributed by atoms with Crippen molar-refractivity contribution in [2.45, 2.75) is 6.92 Å². The second-order valence-corrected chi connectivity index (χ2v) is 4.17. The number of carbonyl (C=O) groups excluding carboxylic acids is 1. The molecule has 104 valence electrons. The molecular weight excluding hydrogens is 259 g/mol. The second kappa shape index (κ2) is 6.10. The van der Waals surface area contributed by atoms with E-state index >= 15 is 0 Å². The highest BCUT2D eigenvalue weighted by molar-refractivity contribution is 6.04. The molecule has 1 N–H and O–H groups in total. The van der Waals surface area contributed by atoms with Gasteiger partial charge in [-0.05, 0) is 43.3 Å². The van der Waals surface area contributed by atoms with E-state index in [9.17, 15) is 9.18 Å². The van der Waals surface area contributed by atoms with E-state index in [0.29, 0.717) is 11.5 Å². The van der Waals surface area contributed by atoms with Crippen molar-refractivity contribution in [1.29, 1.82) is 0 Å². The van der Waals surface area contributed by atoms with E-state index in [1.165, 1.54) is 29.2 Å². The molecule has 0 unspecified atom stereocenters. The van der Waals surface area contributed by atoms with Gasteiger partial charge in [0, 0.05) is 19.3 Å². The van der Waals surface area contributed by atoms with Crippen molar-refractivity contribution in [2.75, 3.05) is 23.8 Å². The van der Waals surface area contributed by atoms with Crippen molar-refractivity contribution in [3.8, 4) is 0 Å². The van der Waals surface area contributed by atoms with Crippen LogP contribution in [0.4, 0.5) is 15.9 Å². The van der Waals surface area contributed by atoms with Gasteiger partial charge < -0.3 is 10.2 Å². The highest BCUT2D eigenvalue weighted by Crippen LogP contribution is 2.15. The molecule has 6 heteroatoms. The van der Waals surface area contributed by atoms with E-state index in [-0.39, 0.29) is 17.4 Å². The number of nitrogens with one attached hydrogen (secondary N) is 1. The number of aromatic nitrogens is 2. The smallest absolute Gasteiger partial charge is 0.278 e. The molecule has 0 aliphatic heterocycles. The number of carbonyl (C=O) groups is 1. The first-order valence-corrected chi connectivity index (χ1v) is 6.23. The monoisotopic (exact) mass is 274 g/mol. The van der Waals surface area contributed by atoms with Crippen molar-refractivity contribution in [1.82, 2.24) is 10.2 Å². The minimum absolute atomic E-state index is 0.235. The number of hydrogen-bond donors (Lipinski definition) is 1. The molecule has 0 saturated carbocycles. The average Bonchev–Trinajstić information content (AvgIpc) is 2.48. The number of anilines is 2. The Morgan fingerprint density at radius 3 is 2.45 bits per heavy atom. The van der Waals surface area contributed by atoms with Crippen LogP contribution in [0.1, 0.15) is 17.4 Å². The van der Waals surface area contributed by atoms with Crippen LogP contribution in [0.2, 0.25) is 0 Å². The zero-order chi connectivity index (χ0) is 14.5. The van der Waals surface area contributed by atoms with Crippen molar-refractivity contribution < 1.29 is 9.18 Å². The Hall–Kier alpha value is -2.50. The lowest BCUT2D eigenvalue weighted by molar-refractivity contribution is 0.0987. The van der Waals surface area contributed by atoms with Gasteiger partial charge in [-0.15, -0.1) is 10.2 Å². The third-order valence-electron chi connectivity index (χ3n) is 2.76. The first-order valence-electron chi connectivity index (χ1n) is 6.23. The number of benzene rings is 1. The Labute approximate surface area is 116 Å². The minimum Gasteiger partial charge on any atom is -0.369 e. The van der Waals surface area contributed by atoms with Gasteiger partial charge in [-0.1, -0.05) is 0 Å². The van der Waals surface area contributed by atoms with E-state index in [1.807, 2.05) is 6.92 Å². The summed E-state index contributed by atoms with van der Waals surface area (Å²) in [5.41, 5.74) is 0.826. The molecule has 20 heavy (non-hydrogen) atoms. The largest absolute Gasteiger partial charge is 0.369 e.